The van der Waals surface area contributed by atoms with Gasteiger partial charge < -0.3 is 15.4 Å². The molecular formula is C34H41N7O3S. The number of aromatic nitrogens is 4. The van der Waals surface area contributed by atoms with Gasteiger partial charge in [-0.15, -0.1) is 0 Å². The van der Waals surface area contributed by atoms with E-state index in [9.17, 15) is 14.9 Å². The van der Waals surface area contributed by atoms with E-state index in [1.54, 1.807) is 25.4 Å². The summed E-state index contributed by atoms with van der Waals surface area (Å²) >= 11 is 0. The predicted octanol–water partition coefficient (Wildman–Crippen LogP) is 4.91. The van der Waals surface area contributed by atoms with Crippen LogP contribution in [-0.2, 0) is 29.7 Å². The summed E-state index contributed by atoms with van der Waals surface area (Å²) in [5.74, 6) is 0.0526. The van der Waals surface area contributed by atoms with Crippen LogP contribution in [0.25, 0.3) is 11.1 Å². The number of amides is 2. The van der Waals surface area contributed by atoms with Crippen molar-refractivity contribution in [1.29, 1.82) is 5.26 Å². The van der Waals surface area contributed by atoms with Crippen LogP contribution in [0.15, 0.2) is 54.7 Å². The number of fused-ring (bicyclic) bond motifs is 1. The van der Waals surface area contributed by atoms with Crippen LogP contribution in [0.2, 0.25) is 0 Å². The Kier molecular flexibility index (Phi) is 9.46. The smallest absolute Gasteiger partial charge is 0.270 e. The first-order valence-corrected chi connectivity index (χ1v) is 18.0. The van der Waals surface area contributed by atoms with Crippen LogP contribution in [0.1, 0.15) is 50.9 Å². The van der Waals surface area contributed by atoms with Gasteiger partial charge in [-0.05, 0) is 92.5 Å². The van der Waals surface area contributed by atoms with Gasteiger partial charge in [-0.25, -0.2) is 14.7 Å². The minimum Gasteiger partial charge on any atom is -0.358 e. The van der Waals surface area contributed by atoms with Gasteiger partial charge in [0.25, 0.3) is 5.91 Å². The van der Waals surface area contributed by atoms with Crippen LogP contribution in [-0.4, -0.2) is 68.5 Å². The molecule has 0 bridgehead atoms. The van der Waals surface area contributed by atoms with E-state index < -0.39 is 16.1 Å². The zero-order chi connectivity index (χ0) is 32.3. The molecule has 2 amide bonds. The third-order valence-corrected chi connectivity index (χ3v) is 9.69. The van der Waals surface area contributed by atoms with Crippen LogP contribution >= 0.6 is 10.0 Å². The van der Waals surface area contributed by atoms with Gasteiger partial charge in [0.15, 0.2) is 0 Å². The molecule has 2 atom stereocenters. The molecule has 0 fully saturated rings. The molecular weight excluding hydrogens is 586 g/mol. The molecule has 0 spiro atoms. The summed E-state index contributed by atoms with van der Waals surface area (Å²) in [7, 11) is 1.07. The Labute approximate surface area is 266 Å². The monoisotopic (exact) mass is 627 g/mol. The fourth-order valence-electron chi connectivity index (χ4n) is 5.85. The van der Waals surface area contributed by atoms with Crippen LogP contribution < -0.4 is 10.6 Å². The maximum atomic E-state index is 13.9. The number of nitrogens with zero attached hydrogens (tertiary/aromatic N) is 5. The molecule has 0 radical (unpaired) electrons. The molecule has 5 rings (SSSR count). The number of rotatable bonds is 11. The Morgan fingerprint density at radius 2 is 1.89 bits per heavy atom. The van der Waals surface area contributed by atoms with Crippen LogP contribution in [0, 0.1) is 25.2 Å². The van der Waals surface area contributed by atoms with Gasteiger partial charge in [0.05, 0.1) is 23.9 Å². The lowest BCUT2D eigenvalue weighted by Gasteiger charge is -2.25. The van der Waals surface area contributed by atoms with Gasteiger partial charge in [0.1, 0.15) is 18.5 Å². The molecule has 1 aliphatic rings. The van der Waals surface area contributed by atoms with Crippen molar-refractivity contribution in [3.8, 4) is 17.2 Å². The van der Waals surface area contributed by atoms with E-state index in [0.29, 0.717) is 36.7 Å². The van der Waals surface area contributed by atoms with E-state index >= 15 is 0 Å². The summed E-state index contributed by atoms with van der Waals surface area (Å²) in [4.78, 5) is 27.1. The molecule has 4 aromatic rings. The Hall–Kier alpha value is -4.40. The fraction of sp³-hybridized carbons (Fsp3) is 0.382. The van der Waals surface area contributed by atoms with Gasteiger partial charge in [-0.3, -0.25) is 14.3 Å². The first-order chi connectivity index (χ1) is 21.4. The lowest BCUT2D eigenvalue weighted by atomic mass is 9.91. The second-order valence-corrected chi connectivity index (χ2v) is 17.0. The van der Waals surface area contributed by atoms with E-state index in [0.717, 1.165) is 45.8 Å². The third-order valence-electron chi connectivity index (χ3n) is 8.30. The van der Waals surface area contributed by atoms with Crippen LogP contribution in [0.4, 0.5) is 5.69 Å². The fourth-order valence-corrected chi connectivity index (χ4v) is 6.47. The average molecular weight is 628 g/mol. The summed E-state index contributed by atoms with van der Waals surface area (Å²) in [6.45, 7) is 5.13. The summed E-state index contributed by atoms with van der Waals surface area (Å²) in [5, 5.41) is 24.3. The van der Waals surface area contributed by atoms with Crippen molar-refractivity contribution in [1.82, 2.24) is 24.9 Å². The Balaban J connectivity index is 1.34. The first-order valence-electron chi connectivity index (χ1n) is 15.0. The summed E-state index contributed by atoms with van der Waals surface area (Å²) in [5.41, 5.74) is 7.45. The molecule has 2 N–H and O–H groups in total. The second-order valence-electron chi connectivity index (χ2n) is 12.4. The standard InChI is InChI=1S/C34H41N7O3S/c1-22-31(23(2)41(39-22)21-44-17-18-45(4,5)6)26-9-12-27(13-10-26)37-34(43)32(38-33(42)30-15-16-36-40(30)3)28-14-11-25-8-7-24(20-35)19-29(25)28/h7-10,12-13,15-16,19,28,32H,11,14,17-18,21H2,1-6H3,(H,37,43)(H,38,42)/t28-,32+/m1/s1. The number of ether oxygens (including phenoxy) is 1. The number of benzene rings is 2. The molecule has 1 aliphatic carbocycles. The molecule has 0 saturated carbocycles. The average Bonchev–Trinajstić information content (AvgIpc) is 3.70. The lowest BCUT2D eigenvalue weighted by Crippen LogP contribution is -2.47. The molecule has 236 valence electrons. The molecule has 2 heterocycles. The molecule has 2 aromatic heterocycles. The van der Waals surface area contributed by atoms with Crippen molar-refractivity contribution in [2.24, 2.45) is 7.05 Å². The van der Waals surface area contributed by atoms with Gasteiger partial charge in [0.2, 0.25) is 5.91 Å². The Morgan fingerprint density at radius 1 is 1.13 bits per heavy atom. The summed E-state index contributed by atoms with van der Waals surface area (Å²) in [6.07, 6.45) is 9.83. The van der Waals surface area contributed by atoms with Gasteiger partial charge in [-0.2, -0.15) is 15.5 Å². The number of anilines is 1. The molecule has 2 aromatic carbocycles. The SMILES string of the molecule is Cc1nn(COCCS(C)(C)C)c(C)c1-c1ccc(NC(=O)[C@@H](NC(=O)c2ccnn2C)[C@@H]2CCc3ccc(C#N)cc32)cc1. The number of aryl methyl sites for hydroxylation is 3. The van der Waals surface area contributed by atoms with Gasteiger partial charge in [-0.1, -0.05) is 18.2 Å². The quantitative estimate of drug-likeness (QED) is 0.228. The normalized spacial score (nSPS) is 15.3. The van der Waals surface area contributed by atoms with E-state index in [1.807, 2.05) is 54.9 Å². The number of nitriles is 1. The number of carbonyl (C=O) groups excluding carboxylic acids is 2. The highest BCUT2D eigenvalue weighted by atomic mass is 32.3. The highest BCUT2D eigenvalue weighted by molar-refractivity contribution is 8.32. The van der Waals surface area contributed by atoms with Crippen molar-refractivity contribution in [2.75, 3.05) is 36.4 Å². The van der Waals surface area contributed by atoms with Gasteiger partial charge in [0, 0.05) is 41.9 Å². The van der Waals surface area contributed by atoms with Crippen molar-refractivity contribution >= 4 is 27.5 Å². The summed E-state index contributed by atoms with van der Waals surface area (Å²) in [6, 6.07) is 16.2. The lowest BCUT2D eigenvalue weighted by molar-refractivity contribution is -0.118. The highest BCUT2D eigenvalue weighted by Gasteiger charge is 2.36. The molecule has 45 heavy (non-hydrogen) atoms. The van der Waals surface area contributed by atoms with Gasteiger partial charge >= 0.3 is 0 Å². The first kappa shape index (κ1) is 32.0. The topological polar surface area (TPSA) is 127 Å². The van der Waals surface area contributed by atoms with Crippen molar-refractivity contribution in [2.45, 2.75) is 45.4 Å². The molecule has 0 aliphatic heterocycles. The zero-order valence-corrected chi connectivity index (χ0v) is 27.6. The van der Waals surface area contributed by atoms with E-state index in [-0.39, 0.29) is 17.7 Å². The van der Waals surface area contributed by atoms with E-state index in [4.69, 9.17) is 9.84 Å². The number of nitrogens with one attached hydrogen (secondary N) is 2. The maximum absolute atomic E-state index is 13.9. The summed E-state index contributed by atoms with van der Waals surface area (Å²) < 4.78 is 9.29. The molecule has 0 saturated heterocycles. The van der Waals surface area contributed by atoms with Crippen LogP contribution in [0.3, 0.4) is 0 Å². The molecule has 10 nitrogen and oxygen atoms in total. The van der Waals surface area contributed by atoms with Crippen molar-refractivity contribution in [3.05, 3.63) is 88.5 Å². The minimum absolute atomic E-state index is 0.284. The Bertz CT molecular complexity index is 1740. The van der Waals surface area contributed by atoms with Crippen molar-refractivity contribution < 1.29 is 14.3 Å². The number of hydrogen-bond donors (Lipinski definition) is 2. The largest absolute Gasteiger partial charge is 0.358 e. The highest BCUT2D eigenvalue weighted by Crippen LogP contribution is 2.37. The minimum atomic E-state index is -0.857. The zero-order valence-electron chi connectivity index (χ0n) is 26.8. The second kappa shape index (κ2) is 13.3. The number of carbonyl (C=O) groups is 2. The van der Waals surface area contributed by atoms with Crippen LogP contribution in [0.5, 0.6) is 0 Å². The van der Waals surface area contributed by atoms with E-state index in [1.165, 1.54) is 4.68 Å². The molecule has 11 heteroatoms. The predicted molar refractivity (Wildman–Crippen MR) is 179 cm³/mol. The van der Waals surface area contributed by atoms with Crippen molar-refractivity contribution in [3.63, 3.8) is 0 Å². The molecule has 0 unspecified atom stereocenters. The number of hydrogen-bond acceptors (Lipinski definition) is 6. The van der Waals surface area contributed by atoms with E-state index in [2.05, 4.69) is 40.6 Å². The Morgan fingerprint density at radius 3 is 2.56 bits per heavy atom. The third kappa shape index (κ3) is 7.30. The maximum Gasteiger partial charge on any atom is 0.270 e.